The highest BCUT2D eigenvalue weighted by Gasteiger charge is 1.99. The summed E-state index contributed by atoms with van der Waals surface area (Å²) >= 11 is 5.19. The number of aromatic amines is 1. The highest BCUT2D eigenvalue weighted by molar-refractivity contribution is 7.71. The molecule has 0 atom stereocenters. The van der Waals surface area contributed by atoms with E-state index in [9.17, 15) is 4.79 Å². The van der Waals surface area contributed by atoms with Crippen LogP contribution in [0.25, 0.3) is 5.69 Å². The molecule has 1 heterocycles. The second kappa shape index (κ2) is 4.84. The van der Waals surface area contributed by atoms with Crippen LogP contribution in [0.3, 0.4) is 0 Å². The van der Waals surface area contributed by atoms with E-state index in [0.717, 1.165) is 17.1 Å². The molecule has 0 spiro atoms. The number of H-pyrrole nitrogens is 1. The van der Waals surface area contributed by atoms with E-state index in [1.54, 1.807) is 0 Å². The number of benzene rings is 1. The number of imidazole rings is 1. The average Bonchev–Trinajstić information content (AvgIpc) is 2.66. The lowest BCUT2D eigenvalue weighted by atomic mass is 10.3. The first kappa shape index (κ1) is 11.4. The summed E-state index contributed by atoms with van der Waals surface area (Å²) in [6.45, 7) is 1.95. The molecule has 0 fully saturated rings. The lowest BCUT2D eigenvalue weighted by molar-refractivity contribution is -0.109. The van der Waals surface area contributed by atoms with Crippen LogP contribution in [0.1, 0.15) is 5.69 Å². The van der Waals surface area contributed by atoms with Gasteiger partial charge in [0.2, 0.25) is 6.41 Å². The average molecular weight is 248 g/mol. The summed E-state index contributed by atoms with van der Waals surface area (Å²) in [4.78, 5) is 13.2. The van der Waals surface area contributed by atoms with Crippen molar-refractivity contribution in [3.05, 3.63) is 40.9 Å². The van der Waals surface area contributed by atoms with Crippen LogP contribution in [0.15, 0.2) is 30.5 Å². The molecule has 0 aliphatic rings. The first-order valence-corrected chi connectivity index (χ1v) is 5.45. The maximum absolute atomic E-state index is 10.1. The zero-order chi connectivity index (χ0) is 12.3. The molecule has 2 aromatic rings. The Morgan fingerprint density at radius 3 is 2.59 bits per heavy atom. The van der Waals surface area contributed by atoms with Crippen molar-refractivity contribution in [2.45, 2.75) is 6.92 Å². The summed E-state index contributed by atoms with van der Waals surface area (Å²) in [5.41, 5.74) is 7.89. The number of carbonyl (C=O) groups is 1. The minimum absolute atomic E-state index is 0.583. The van der Waals surface area contributed by atoms with E-state index in [4.69, 9.17) is 12.2 Å². The first-order valence-electron chi connectivity index (χ1n) is 5.04. The van der Waals surface area contributed by atoms with Crippen molar-refractivity contribution in [1.29, 1.82) is 0 Å². The monoisotopic (exact) mass is 248 g/mol. The molecule has 1 aromatic carbocycles. The number of anilines is 1. The molecule has 1 amide bonds. The Morgan fingerprint density at radius 2 is 2.06 bits per heavy atom. The van der Waals surface area contributed by atoms with Gasteiger partial charge in [0.1, 0.15) is 0 Å². The maximum Gasteiger partial charge on any atom is 0.225 e. The van der Waals surface area contributed by atoms with Gasteiger partial charge in [0, 0.05) is 17.6 Å². The SMILES string of the molecule is Cc1cn(-c2ccc(NNC=O)cc2)c(=S)[nH]1. The molecule has 6 heteroatoms. The van der Waals surface area contributed by atoms with Crippen molar-refractivity contribution in [2.75, 3.05) is 5.43 Å². The molecule has 2 rings (SSSR count). The Kier molecular flexibility index (Phi) is 3.24. The van der Waals surface area contributed by atoms with Gasteiger partial charge in [-0.3, -0.25) is 20.2 Å². The molecule has 0 saturated carbocycles. The fourth-order valence-electron chi connectivity index (χ4n) is 1.52. The summed E-state index contributed by atoms with van der Waals surface area (Å²) in [5, 5.41) is 0. The van der Waals surface area contributed by atoms with Gasteiger partial charge in [-0.05, 0) is 43.4 Å². The van der Waals surface area contributed by atoms with E-state index in [0.29, 0.717) is 11.2 Å². The van der Waals surface area contributed by atoms with Gasteiger partial charge >= 0.3 is 0 Å². The molecule has 17 heavy (non-hydrogen) atoms. The number of hydrogen-bond acceptors (Lipinski definition) is 3. The summed E-state index contributed by atoms with van der Waals surface area (Å²) in [6.07, 6.45) is 2.52. The topological polar surface area (TPSA) is 61.9 Å². The van der Waals surface area contributed by atoms with Crippen molar-refractivity contribution < 1.29 is 4.79 Å². The lowest BCUT2D eigenvalue weighted by Gasteiger charge is -2.06. The smallest absolute Gasteiger partial charge is 0.225 e. The van der Waals surface area contributed by atoms with Crippen molar-refractivity contribution in [3.63, 3.8) is 0 Å². The van der Waals surface area contributed by atoms with Crippen molar-refractivity contribution >= 4 is 24.3 Å². The number of nitrogens with zero attached hydrogens (tertiary/aromatic N) is 1. The number of amides is 1. The molecular weight excluding hydrogens is 236 g/mol. The largest absolute Gasteiger partial charge is 0.335 e. The number of hydrazine groups is 1. The molecule has 0 radical (unpaired) electrons. The minimum Gasteiger partial charge on any atom is -0.335 e. The number of rotatable bonds is 4. The summed E-state index contributed by atoms with van der Waals surface area (Å²) < 4.78 is 2.55. The van der Waals surface area contributed by atoms with E-state index in [1.807, 2.05) is 42.0 Å². The second-order valence-corrected chi connectivity index (χ2v) is 3.93. The Hall–Kier alpha value is -2.08. The predicted octanol–water partition coefficient (Wildman–Crippen LogP) is 1.92. The Labute approximate surface area is 103 Å². The third-order valence-electron chi connectivity index (χ3n) is 2.27. The van der Waals surface area contributed by atoms with Crippen molar-refractivity contribution in [1.82, 2.24) is 15.0 Å². The van der Waals surface area contributed by atoms with Gasteiger partial charge < -0.3 is 4.98 Å². The van der Waals surface area contributed by atoms with Crippen LogP contribution in [-0.4, -0.2) is 16.0 Å². The number of aryl methyl sites for hydroxylation is 1. The standard InChI is InChI=1S/C11H12N4OS/c1-8-6-15(11(17)13-8)10-4-2-9(3-5-10)14-12-7-16/h2-7,14H,1H3,(H,12,16)(H,13,17). The van der Waals surface area contributed by atoms with Crippen LogP contribution in [-0.2, 0) is 4.79 Å². The zero-order valence-electron chi connectivity index (χ0n) is 9.23. The van der Waals surface area contributed by atoms with Gasteiger partial charge in [-0.15, -0.1) is 0 Å². The second-order valence-electron chi connectivity index (χ2n) is 3.55. The molecule has 0 aliphatic heterocycles. The first-order chi connectivity index (χ1) is 8.20. The number of aromatic nitrogens is 2. The molecule has 5 nitrogen and oxygen atoms in total. The molecule has 0 unspecified atom stereocenters. The Morgan fingerprint density at radius 1 is 1.35 bits per heavy atom. The number of carbonyl (C=O) groups excluding carboxylic acids is 1. The van der Waals surface area contributed by atoms with Gasteiger partial charge in [0.15, 0.2) is 4.77 Å². The van der Waals surface area contributed by atoms with Crippen LogP contribution in [0.4, 0.5) is 5.69 Å². The normalized spacial score (nSPS) is 9.94. The molecule has 0 saturated heterocycles. The summed E-state index contributed by atoms with van der Waals surface area (Å²) in [5.74, 6) is 0. The summed E-state index contributed by atoms with van der Waals surface area (Å²) in [6, 6.07) is 7.54. The Balaban J connectivity index is 2.26. The molecule has 0 bridgehead atoms. The Bertz CT molecular complexity index is 570. The fraction of sp³-hybridized carbons (Fsp3) is 0.0909. The van der Waals surface area contributed by atoms with E-state index in [-0.39, 0.29) is 0 Å². The van der Waals surface area contributed by atoms with E-state index >= 15 is 0 Å². The summed E-state index contributed by atoms with van der Waals surface area (Å²) in [7, 11) is 0. The van der Waals surface area contributed by atoms with Crippen molar-refractivity contribution in [2.24, 2.45) is 0 Å². The molecule has 3 N–H and O–H groups in total. The van der Waals surface area contributed by atoms with Crippen LogP contribution >= 0.6 is 12.2 Å². The van der Waals surface area contributed by atoms with Crippen LogP contribution in [0.5, 0.6) is 0 Å². The van der Waals surface area contributed by atoms with Crippen molar-refractivity contribution in [3.8, 4) is 5.69 Å². The van der Waals surface area contributed by atoms with Gasteiger partial charge in [-0.1, -0.05) is 0 Å². The van der Waals surface area contributed by atoms with E-state index < -0.39 is 0 Å². The molecule has 1 aromatic heterocycles. The van der Waals surface area contributed by atoms with Gasteiger partial charge in [0.25, 0.3) is 0 Å². The van der Waals surface area contributed by atoms with Crippen LogP contribution in [0.2, 0.25) is 0 Å². The lowest BCUT2D eigenvalue weighted by Crippen LogP contribution is -2.18. The van der Waals surface area contributed by atoms with Gasteiger partial charge in [-0.25, -0.2) is 0 Å². The quantitative estimate of drug-likeness (QED) is 0.440. The molecule has 88 valence electrons. The highest BCUT2D eigenvalue weighted by atomic mass is 32.1. The third kappa shape index (κ3) is 2.54. The van der Waals surface area contributed by atoms with E-state index in [1.165, 1.54) is 0 Å². The molecular formula is C11H12N4OS. The van der Waals surface area contributed by atoms with Gasteiger partial charge in [-0.2, -0.15) is 0 Å². The highest BCUT2D eigenvalue weighted by Crippen LogP contribution is 2.13. The fourth-order valence-corrected chi connectivity index (χ4v) is 1.84. The number of nitrogens with one attached hydrogen (secondary N) is 3. The van der Waals surface area contributed by atoms with Gasteiger partial charge in [0.05, 0.1) is 5.69 Å². The maximum atomic E-state index is 10.1. The zero-order valence-corrected chi connectivity index (χ0v) is 10.0. The number of hydrogen-bond donors (Lipinski definition) is 3. The van der Waals surface area contributed by atoms with Crippen LogP contribution in [0, 0.1) is 11.7 Å². The third-order valence-corrected chi connectivity index (χ3v) is 2.57. The van der Waals surface area contributed by atoms with E-state index in [2.05, 4.69) is 15.8 Å². The minimum atomic E-state index is 0.583. The molecule has 0 aliphatic carbocycles. The predicted molar refractivity (Wildman–Crippen MR) is 68.5 cm³/mol. The van der Waals surface area contributed by atoms with Crippen LogP contribution < -0.4 is 10.9 Å².